The highest BCUT2D eigenvalue weighted by molar-refractivity contribution is 5.70. The SMILES string of the molecule is COc1ccc(C2=C[C@@H]3C[C@@H]3C2)cc1.Cn1cnc2ncn(Cc3ncno3)c(=O)c21. The average Bonchev–Trinajstić information content (AvgIpc) is 3.18. The lowest BCUT2D eigenvalue weighted by atomic mass is 10.0. The largest absolute Gasteiger partial charge is 0.497 e. The van der Waals surface area contributed by atoms with E-state index in [0.29, 0.717) is 17.1 Å². The van der Waals surface area contributed by atoms with Crippen LogP contribution in [-0.4, -0.2) is 36.4 Å². The number of hydrogen-bond donors (Lipinski definition) is 0. The van der Waals surface area contributed by atoms with Crippen molar-refractivity contribution >= 4 is 16.7 Å². The fraction of sp³-hybridized carbons (Fsp3) is 0.318. The second-order valence-corrected chi connectivity index (χ2v) is 7.82. The minimum absolute atomic E-state index is 0.187. The van der Waals surface area contributed by atoms with Crippen LogP contribution in [-0.2, 0) is 13.6 Å². The van der Waals surface area contributed by atoms with Crippen molar-refractivity contribution in [3.63, 3.8) is 0 Å². The fourth-order valence-electron chi connectivity index (χ4n) is 3.93. The normalized spacial score (nSPS) is 18.8. The van der Waals surface area contributed by atoms with E-state index in [0.717, 1.165) is 17.6 Å². The van der Waals surface area contributed by atoms with Crippen LogP contribution in [0.5, 0.6) is 5.75 Å². The first-order valence-corrected chi connectivity index (χ1v) is 10.1. The van der Waals surface area contributed by atoms with Crippen LogP contribution in [0.3, 0.4) is 0 Å². The number of imidazole rings is 1. The van der Waals surface area contributed by atoms with E-state index in [4.69, 9.17) is 9.26 Å². The first-order valence-electron chi connectivity index (χ1n) is 10.1. The number of benzene rings is 1. The van der Waals surface area contributed by atoms with Gasteiger partial charge in [0.25, 0.3) is 5.56 Å². The highest BCUT2D eigenvalue weighted by Gasteiger charge is 2.40. The molecule has 0 bridgehead atoms. The molecular weight excluding hydrogens is 396 g/mol. The van der Waals surface area contributed by atoms with E-state index in [1.807, 2.05) is 12.1 Å². The van der Waals surface area contributed by atoms with Gasteiger partial charge in [-0.1, -0.05) is 23.4 Å². The molecule has 1 saturated carbocycles. The van der Waals surface area contributed by atoms with Crippen molar-refractivity contribution in [1.29, 1.82) is 0 Å². The maximum Gasteiger partial charge on any atom is 0.280 e. The van der Waals surface area contributed by atoms with Gasteiger partial charge in [-0.15, -0.1) is 0 Å². The topological polar surface area (TPSA) is 101 Å². The van der Waals surface area contributed by atoms with Gasteiger partial charge in [0.2, 0.25) is 5.89 Å². The number of allylic oxidation sites excluding steroid dienone is 2. The minimum atomic E-state index is -0.187. The summed E-state index contributed by atoms with van der Waals surface area (Å²) in [4.78, 5) is 24.1. The minimum Gasteiger partial charge on any atom is -0.497 e. The van der Waals surface area contributed by atoms with Gasteiger partial charge in [-0.25, -0.2) is 9.97 Å². The van der Waals surface area contributed by atoms with Crippen LogP contribution in [0.15, 0.2) is 58.6 Å². The second kappa shape index (κ2) is 7.82. The third-order valence-electron chi connectivity index (χ3n) is 5.75. The Labute approximate surface area is 178 Å². The molecule has 2 atom stereocenters. The van der Waals surface area contributed by atoms with Crippen molar-refractivity contribution in [3.05, 3.63) is 71.1 Å². The third-order valence-corrected chi connectivity index (χ3v) is 5.75. The molecule has 1 fully saturated rings. The van der Waals surface area contributed by atoms with Crippen LogP contribution in [0.25, 0.3) is 16.7 Å². The zero-order valence-corrected chi connectivity index (χ0v) is 17.3. The van der Waals surface area contributed by atoms with E-state index in [2.05, 4.69) is 38.3 Å². The van der Waals surface area contributed by atoms with E-state index in [-0.39, 0.29) is 12.1 Å². The number of hydrogen-bond acceptors (Lipinski definition) is 7. The van der Waals surface area contributed by atoms with Crippen molar-refractivity contribution < 1.29 is 9.26 Å². The Morgan fingerprint density at radius 2 is 1.97 bits per heavy atom. The highest BCUT2D eigenvalue weighted by atomic mass is 16.5. The molecule has 4 aromatic rings. The van der Waals surface area contributed by atoms with Gasteiger partial charge < -0.3 is 13.8 Å². The van der Waals surface area contributed by atoms with Crippen LogP contribution in [0.1, 0.15) is 24.3 Å². The molecular formula is C22H22N6O3. The molecule has 158 valence electrons. The van der Waals surface area contributed by atoms with Crippen LogP contribution in [0.2, 0.25) is 0 Å². The van der Waals surface area contributed by atoms with Gasteiger partial charge in [-0.3, -0.25) is 9.36 Å². The number of aryl methyl sites for hydroxylation is 1. The number of ether oxygens (including phenoxy) is 1. The molecule has 0 saturated heterocycles. The van der Waals surface area contributed by atoms with Gasteiger partial charge in [0, 0.05) is 7.05 Å². The Bertz CT molecular complexity index is 1290. The number of aromatic nitrogens is 6. The molecule has 0 unspecified atom stereocenters. The molecule has 31 heavy (non-hydrogen) atoms. The first kappa shape index (κ1) is 19.2. The Morgan fingerprint density at radius 3 is 2.65 bits per heavy atom. The lowest BCUT2D eigenvalue weighted by molar-refractivity contribution is 0.368. The molecule has 1 aromatic carbocycles. The van der Waals surface area contributed by atoms with Gasteiger partial charge in [-0.2, -0.15) is 4.98 Å². The molecule has 0 radical (unpaired) electrons. The summed E-state index contributed by atoms with van der Waals surface area (Å²) in [6.07, 6.45) is 9.43. The molecule has 6 rings (SSSR count). The maximum absolute atomic E-state index is 12.1. The standard InChI is InChI=1S/C13H14O.C9H8N6O2/c1-14-13-4-2-9(3-5-13)10-6-11-8-12(11)7-10;1-14-4-11-8-7(14)9(16)15(5-12-8)2-6-10-3-13-17-6/h2-6,11-12H,7-8H2,1H3;3-5H,2H2,1H3/t11-,12+;/m1./s1. The van der Waals surface area contributed by atoms with Crippen LogP contribution in [0, 0.1) is 11.8 Å². The number of nitrogens with zero attached hydrogens (tertiary/aromatic N) is 6. The molecule has 0 amide bonds. The Balaban J connectivity index is 0.000000134. The molecule has 3 heterocycles. The number of methoxy groups -OCH3 is 1. The third kappa shape index (κ3) is 3.86. The molecule has 2 aliphatic rings. The molecule has 0 aliphatic heterocycles. The monoisotopic (exact) mass is 418 g/mol. The molecule has 0 N–H and O–H groups in total. The number of rotatable bonds is 4. The molecule has 0 spiro atoms. The van der Waals surface area contributed by atoms with E-state index >= 15 is 0 Å². The zero-order valence-electron chi connectivity index (χ0n) is 17.3. The summed E-state index contributed by atoms with van der Waals surface area (Å²) < 4.78 is 13.0. The van der Waals surface area contributed by atoms with Crippen molar-refractivity contribution in [2.45, 2.75) is 19.4 Å². The molecule has 3 aromatic heterocycles. The van der Waals surface area contributed by atoms with Gasteiger partial charge in [0.1, 0.15) is 18.6 Å². The van der Waals surface area contributed by atoms with E-state index < -0.39 is 0 Å². The quantitative estimate of drug-likeness (QED) is 0.502. The van der Waals surface area contributed by atoms with Crippen molar-refractivity contribution in [1.82, 2.24) is 29.2 Å². The van der Waals surface area contributed by atoms with Gasteiger partial charge >= 0.3 is 0 Å². The average molecular weight is 418 g/mol. The fourth-order valence-corrected chi connectivity index (χ4v) is 3.93. The summed E-state index contributed by atoms with van der Waals surface area (Å²) in [5, 5.41) is 3.48. The molecule has 2 aliphatic carbocycles. The Hall–Kier alpha value is -3.75. The van der Waals surface area contributed by atoms with Crippen LogP contribution in [0.4, 0.5) is 0 Å². The van der Waals surface area contributed by atoms with Crippen LogP contribution >= 0.6 is 0 Å². The lowest BCUT2D eigenvalue weighted by Gasteiger charge is -2.05. The van der Waals surface area contributed by atoms with Crippen molar-refractivity contribution in [3.8, 4) is 5.75 Å². The first-order chi connectivity index (χ1) is 15.1. The van der Waals surface area contributed by atoms with E-state index in [9.17, 15) is 4.79 Å². The lowest BCUT2D eigenvalue weighted by Crippen LogP contribution is -2.22. The summed E-state index contributed by atoms with van der Waals surface area (Å²) in [5.74, 6) is 3.19. The number of fused-ring (bicyclic) bond motifs is 2. The van der Waals surface area contributed by atoms with E-state index in [1.54, 1.807) is 25.1 Å². The highest BCUT2D eigenvalue weighted by Crippen LogP contribution is 2.52. The summed E-state index contributed by atoms with van der Waals surface area (Å²) >= 11 is 0. The summed E-state index contributed by atoms with van der Waals surface area (Å²) in [6, 6.07) is 8.41. The summed E-state index contributed by atoms with van der Waals surface area (Å²) in [6.45, 7) is 0.201. The molecule has 9 nitrogen and oxygen atoms in total. The molecule has 9 heteroatoms. The maximum atomic E-state index is 12.1. The van der Waals surface area contributed by atoms with E-state index in [1.165, 1.54) is 41.2 Å². The summed E-state index contributed by atoms with van der Waals surface area (Å²) in [7, 11) is 3.45. The predicted octanol–water partition coefficient (Wildman–Crippen LogP) is 2.68. The van der Waals surface area contributed by atoms with Crippen molar-refractivity contribution in [2.24, 2.45) is 18.9 Å². The van der Waals surface area contributed by atoms with Gasteiger partial charge in [0.15, 0.2) is 17.5 Å². The Morgan fingerprint density at radius 1 is 1.16 bits per heavy atom. The second-order valence-electron chi connectivity index (χ2n) is 7.82. The van der Waals surface area contributed by atoms with Crippen LogP contribution < -0.4 is 10.3 Å². The van der Waals surface area contributed by atoms with Gasteiger partial charge in [-0.05, 0) is 47.9 Å². The van der Waals surface area contributed by atoms with Crippen molar-refractivity contribution in [2.75, 3.05) is 7.11 Å². The predicted molar refractivity (Wildman–Crippen MR) is 113 cm³/mol. The zero-order chi connectivity index (χ0) is 21.4. The smallest absolute Gasteiger partial charge is 0.280 e. The summed E-state index contributed by atoms with van der Waals surface area (Å²) in [5.41, 5.74) is 3.60. The van der Waals surface area contributed by atoms with Gasteiger partial charge in [0.05, 0.1) is 13.4 Å². The Kier molecular flexibility index (Phi) is 4.85.